The molecule has 1 aliphatic heterocycles. The van der Waals surface area contributed by atoms with Gasteiger partial charge in [-0.2, -0.15) is 0 Å². The van der Waals surface area contributed by atoms with E-state index < -0.39 is 0 Å². The van der Waals surface area contributed by atoms with Gasteiger partial charge in [0.15, 0.2) is 0 Å². The number of fused-ring (bicyclic) bond motifs is 1. The molecule has 1 fully saturated rings. The summed E-state index contributed by atoms with van der Waals surface area (Å²) in [7, 11) is 0. The van der Waals surface area contributed by atoms with E-state index >= 15 is 0 Å². The first-order valence-electron chi connectivity index (χ1n) is 11.4. The molecule has 0 atom stereocenters. The molecule has 172 valence electrons. The Bertz CT molecular complexity index is 1390. The summed E-state index contributed by atoms with van der Waals surface area (Å²) in [5.41, 5.74) is 5.56. The maximum atomic E-state index is 12.9. The van der Waals surface area contributed by atoms with Crippen LogP contribution in [0.15, 0.2) is 60.7 Å². The van der Waals surface area contributed by atoms with Gasteiger partial charge in [0, 0.05) is 41.3 Å². The lowest BCUT2D eigenvalue weighted by molar-refractivity contribution is 0.0791. The van der Waals surface area contributed by atoms with Crippen molar-refractivity contribution in [1.82, 2.24) is 20.2 Å². The Kier molecular flexibility index (Phi) is 6.07. The highest BCUT2D eigenvalue weighted by Crippen LogP contribution is 2.26. The Morgan fingerprint density at radius 1 is 1.06 bits per heavy atom. The molecule has 2 amide bonds. The minimum atomic E-state index is -0.186. The van der Waals surface area contributed by atoms with Gasteiger partial charge in [-0.3, -0.25) is 9.59 Å². The molecule has 0 spiro atoms. The lowest BCUT2D eigenvalue weighted by atomic mass is 10.0. The summed E-state index contributed by atoms with van der Waals surface area (Å²) in [6, 6.07) is 18.6. The van der Waals surface area contributed by atoms with Crippen LogP contribution in [0.4, 0.5) is 0 Å². The molecule has 0 aliphatic carbocycles. The number of hydrogen-bond acceptors (Lipinski definition) is 3. The van der Waals surface area contributed by atoms with Crippen molar-refractivity contribution >= 4 is 34.4 Å². The number of imidazole rings is 1. The number of nitrogens with zero attached hydrogens (tertiary/aromatic N) is 2. The molecule has 1 aliphatic rings. The molecule has 7 heteroatoms. The van der Waals surface area contributed by atoms with E-state index in [-0.39, 0.29) is 11.8 Å². The number of aryl methyl sites for hydroxylation is 1. The zero-order valence-corrected chi connectivity index (χ0v) is 19.7. The van der Waals surface area contributed by atoms with E-state index in [1.165, 1.54) is 0 Å². The lowest BCUT2D eigenvalue weighted by Crippen LogP contribution is -2.28. The average Bonchev–Trinajstić information content (AvgIpc) is 3.52. The van der Waals surface area contributed by atoms with Crippen LogP contribution in [0.5, 0.6) is 0 Å². The van der Waals surface area contributed by atoms with Gasteiger partial charge in [-0.15, -0.1) is 0 Å². The van der Waals surface area contributed by atoms with E-state index in [2.05, 4.69) is 15.3 Å². The number of amides is 2. The Morgan fingerprint density at radius 3 is 2.65 bits per heavy atom. The first-order valence-corrected chi connectivity index (χ1v) is 11.8. The number of halogens is 1. The van der Waals surface area contributed by atoms with Gasteiger partial charge in [0.05, 0.1) is 11.0 Å². The van der Waals surface area contributed by atoms with Crippen molar-refractivity contribution in [2.24, 2.45) is 0 Å². The number of rotatable bonds is 5. The number of hydrogen-bond donors (Lipinski definition) is 2. The second kappa shape index (κ2) is 9.31. The molecular formula is C27H25ClN4O2. The van der Waals surface area contributed by atoms with Gasteiger partial charge in [-0.05, 0) is 67.3 Å². The number of likely N-dealkylation sites (tertiary alicyclic amines) is 1. The van der Waals surface area contributed by atoms with Crippen LogP contribution >= 0.6 is 11.6 Å². The third-order valence-corrected chi connectivity index (χ3v) is 6.50. The van der Waals surface area contributed by atoms with E-state index in [4.69, 9.17) is 11.6 Å². The number of carbonyl (C=O) groups excluding carboxylic acids is 2. The van der Waals surface area contributed by atoms with E-state index in [9.17, 15) is 9.59 Å². The summed E-state index contributed by atoms with van der Waals surface area (Å²) in [5.74, 6) is 0.584. The van der Waals surface area contributed by atoms with Gasteiger partial charge in [-0.1, -0.05) is 35.9 Å². The van der Waals surface area contributed by atoms with Crippen molar-refractivity contribution in [3.8, 4) is 11.4 Å². The van der Waals surface area contributed by atoms with Gasteiger partial charge in [0.1, 0.15) is 5.82 Å². The zero-order valence-electron chi connectivity index (χ0n) is 18.9. The molecule has 0 unspecified atom stereocenters. The molecule has 0 saturated carbocycles. The fraction of sp³-hybridized carbons (Fsp3) is 0.222. The summed E-state index contributed by atoms with van der Waals surface area (Å²) in [6.45, 7) is 3.83. The predicted octanol–water partition coefficient (Wildman–Crippen LogP) is 5.36. The van der Waals surface area contributed by atoms with E-state index in [1.54, 1.807) is 18.2 Å². The third-order valence-electron chi connectivity index (χ3n) is 6.27. The summed E-state index contributed by atoms with van der Waals surface area (Å²) < 4.78 is 0. The summed E-state index contributed by atoms with van der Waals surface area (Å²) in [5, 5.41) is 3.65. The predicted molar refractivity (Wildman–Crippen MR) is 134 cm³/mol. The van der Waals surface area contributed by atoms with Gasteiger partial charge < -0.3 is 15.2 Å². The minimum Gasteiger partial charge on any atom is -0.348 e. The van der Waals surface area contributed by atoms with Crippen LogP contribution in [-0.4, -0.2) is 39.8 Å². The largest absolute Gasteiger partial charge is 0.348 e. The maximum absolute atomic E-state index is 12.9. The molecule has 0 bridgehead atoms. The molecule has 0 radical (unpaired) electrons. The number of carbonyl (C=O) groups is 2. The SMILES string of the molecule is Cc1cc(C(=O)NCc2ccccc2-c2nc3ccc(Cl)cc3[nH]2)ccc1C(=O)N1CCCC1. The average molecular weight is 473 g/mol. The number of aromatic nitrogens is 2. The van der Waals surface area contributed by atoms with Crippen molar-refractivity contribution in [3.63, 3.8) is 0 Å². The Balaban J connectivity index is 1.32. The van der Waals surface area contributed by atoms with Gasteiger partial charge in [0.25, 0.3) is 11.8 Å². The summed E-state index contributed by atoms with van der Waals surface area (Å²) >= 11 is 6.10. The van der Waals surface area contributed by atoms with Crippen LogP contribution in [0.3, 0.4) is 0 Å². The molecule has 2 N–H and O–H groups in total. The topological polar surface area (TPSA) is 78.1 Å². The smallest absolute Gasteiger partial charge is 0.254 e. The molecule has 4 aromatic rings. The Labute approximate surface area is 203 Å². The molecule has 1 saturated heterocycles. The highest BCUT2D eigenvalue weighted by molar-refractivity contribution is 6.31. The number of benzene rings is 3. The molecule has 5 rings (SSSR count). The Morgan fingerprint density at radius 2 is 1.85 bits per heavy atom. The molecule has 34 heavy (non-hydrogen) atoms. The van der Waals surface area contributed by atoms with Crippen LogP contribution in [0.1, 0.15) is 44.7 Å². The molecule has 3 aromatic carbocycles. The van der Waals surface area contributed by atoms with Crippen LogP contribution in [0.2, 0.25) is 5.02 Å². The first kappa shape index (κ1) is 22.2. The summed E-state index contributed by atoms with van der Waals surface area (Å²) in [6.07, 6.45) is 2.10. The number of H-pyrrole nitrogens is 1. The molecule has 2 heterocycles. The maximum Gasteiger partial charge on any atom is 0.254 e. The van der Waals surface area contributed by atoms with Gasteiger partial charge in [-0.25, -0.2) is 4.98 Å². The van der Waals surface area contributed by atoms with Gasteiger partial charge >= 0.3 is 0 Å². The minimum absolute atomic E-state index is 0.0445. The van der Waals surface area contributed by atoms with E-state index in [1.807, 2.05) is 54.3 Å². The van der Waals surface area contributed by atoms with Crippen molar-refractivity contribution in [2.45, 2.75) is 26.3 Å². The molecule has 6 nitrogen and oxygen atoms in total. The van der Waals surface area contributed by atoms with Crippen molar-refractivity contribution in [3.05, 3.63) is 87.9 Å². The standard InChI is InChI=1S/C27H25ClN4O2/c1-17-14-18(8-10-21(17)27(34)32-12-4-5-13-32)26(33)29-16-19-6-2-3-7-22(19)25-30-23-11-9-20(28)15-24(23)31-25/h2-3,6-11,14-15H,4-5,12-13,16H2,1H3,(H,29,33)(H,30,31). The van der Waals surface area contributed by atoms with Crippen LogP contribution in [-0.2, 0) is 6.54 Å². The fourth-order valence-electron chi connectivity index (χ4n) is 4.43. The van der Waals surface area contributed by atoms with E-state index in [0.29, 0.717) is 22.7 Å². The second-order valence-electron chi connectivity index (χ2n) is 8.62. The van der Waals surface area contributed by atoms with Crippen LogP contribution in [0.25, 0.3) is 22.4 Å². The fourth-order valence-corrected chi connectivity index (χ4v) is 4.60. The Hall–Kier alpha value is -3.64. The van der Waals surface area contributed by atoms with Crippen LogP contribution < -0.4 is 5.32 Å². The monoisotopic (exact) mass is 472 g/mol. The quantitative estimate of drug-likeness (QED) is 0.410. The number of aromatic amines is 1. The molecule has 1 aromatic heterocycles. The van der Waals surface area contributed by atoms with Crippen molar-refractivity contribution in [1.29, 1.82) is 0 Å². The third kappa shape index (κ3) is 4.41. The van der Waals surface area contributed by atoms with Gasteiger partial charge in [0.2, 0.25) is 0 Å². The van der Waals surface area contributed by atoms with Crippen molar-refractivity contribution < 1.29 is 9.59 Å². The zero-order chi connectivity index (χ0) is 23.7. The highest BCUT2D eigenvalue weighted by atomic mass is 35.5. The highest BCUT2D eigenvalue weighted by Gasteiger charge is 2.21. The first-order chi connectivity index (χ1) is 16.5. The second-order valence-corrected chi connectivity index (χ2v) is 9.05. The normalized spacial score (nSPS) is 13.4. The van der Waals surface area contributed by atoms with E-state index in [0.717, 1.165) is 59.5 Å². The number of nitrogens with one attached hydrogen (secondary N) is 2. The lowest BCUT2D eigenvalue weighted by Gasteiger charge is -2.17. The molecular weight excluding hydrogens is 448 g/mol. The van der Waals surface area contributed by atoms with Crippen LogP contribution in [0, 0.1) is 6.92 Å². The van der Waals surface area contributed by atoms with Crippen molar-refractivity contribution in [2.75, 3.05) is 13.1 Å². The summed E-state index contributed by atoms with van der Waals surface area (Å²) in [4.78, 5) is 35.5.